The summed E-state index contributed by atoms with van der Waals surface area (Å²) in [6.07, 6.45) is 11.2. The van der Waals surface area contributed by atoms with Gasteiger partial charge in [0.1, 0.15) is 5.69 Å². The molecular weight excluding hydrogens is 326 g/mol. The highest BCUT2D eigenvalue weighted by Crippen LogP contribution is 2.19. The first-order valence-electron chi connectivity index (χ1n) is 9.57. The van der Waals surface area contributed by atoms with Gasteiger partial charge < -0.3 is 4.74 Å². The quantitative estimate of drug-likeness (QED) is 0.416. The van der Waals surface area contributed by atoms with Gasteiger partial charge in [0.15, 0.2) is 0 Å². The van der Waals surface area contributed by atoms with Crippen molar-refractivity contribution in [3.8, 4) is 11.3 Å². The molecule has 140 valence electrons. The van der Waals surface area contributed by atoms with Gasteiger partial charge in [0.25, 0.3) is 0 Å². The van der Waals surface area contributed by atoms with Crippen molar-refractivity contribution in [2.24, 2.45) is 0 Å². The first-order valence-corrected chi connectivity index (χ1v) is 9.57. The summed E-state index contributed by atoms with van der Waals surface area (Å²) in [5.41, 5.74) is 2.63. The molecular formula is C21H29N3O2. The van der Waals surface area contributed by atoms with E-state index in [0.29, 0.717) is 6.61 Å². The molecule has 0 aliphatic heterocycles. The minimum absolute atomic E-state index is 0.209. The Bertz CT molecular complexity index is 692. The van der Waals surface area contributed by atoms with Gasteiger partial charge in [-0.05, 0) is 19.8 Å². The minimum Gasteiger partial charge on any atom is -0.466 e. The summed E-state index contributed by atoms with van der Waals surface area (Å²) in [6, 6.07) is 9.91. The lowest BCUT2D eigenvalue weighted by molar-refractivity contribution is -0.141. The molecule has 1 heterocycles. The maximum atomic E-state index is 12.0. The second-order valence-corrected chi connectivity index (χ2v) is 6.29. The van der Waals surface area contributed by atoms with Gasteiger partial charge in [-0.1, -0.05) is 74.2 Å². The van der Waals surface area contributed by atoms with E-state index in [1.54, 1.807) is 4.68 Å². The molecule has 0 aliphatic rings. The van der Waals surface area contributed by atoms with E-state index in [1.807, 2.05) is 43.5 Å². The number of allylic oxidation sites excluding steroid dienone is 1. The third-order valence-corrected chi connectivity index (χ3v) is 4.18. The Morgan fingerprint density at radius 3 is 2.62 bits per heavy atom. The first-order chi connectivity index (χ1) is 12.7. The van der Waals surface area contributed by atoms with E-state index in [9.17, 15) is 4.79 Å². The van der Waals surface area contributed by atoms with Crippen LogP contribution >= 0.6 is 0 Å². The molecule has 0 bridgehead atoms. The zero-order chi connectivity index (χ0) is 18.6. The molecule has 0 unspecified atom stereocenters. The molecule has 0 radical (unpaired) electrons. The average molecular weight is 355 g/mol. The molecule has 0 spiro atoms. The van der Waals surface area contributed by atoms with Crippen LogP contribution in [-0.2, 0) is 9.53 Å². The van der Waals surface area contributed by atoms with Gasteiger partial charge >= 0.3 is 5.97 Å². The maximum absolute atomic E-state index is 12.0. The van der Waals surface area contributed by atoms with Crippen molar-refractivity contribution in [1.29, 1.82) is 0 Å². The van der Waals surface area contributed by atoms with E-state index in [4.69, 9.17) is 4.74 Å². The molecule has 26 heavy (non-hydrogen) atoms. The fourth-order valence-electron chi connectivity index (χ4n) is 2.77. The number of hydrogen-bond donors (Lipinski definition) is 0. The fraction of sp³-hybridized carbons (Fsp3) is 0.476. The van der Waals surface area contributed by atoms with E-state index in [-0.39, 0.29) is 12.4 Å². The van der Waals surface area contributed by atoms with Crippen LogP contribution in [0.5, 0.6) is 0 Å². The second kappa shape index (κ2) is 11.2. The average Bonchev–Trinajstić information content (AvgIpc) is 3.14. The maximum Gasteiger partial charge on any atom is 0.311 e. The summed E-state index contributed by atoms with van der Waals surface area (Å²) in [6.45, 7) is 4.42. The standard InChI is InChI=1S/C21H29N3O2/c1-3-5-6-7-8-12-15-19(16-21(25)26-4-2)24-17-20(22-23-24)18-13-10-9-11-14-18/h9-11,13-15,17H,3-8,12,16H2,1-2H3/b19-15+. The predicted octanol–water partition coefficient (Wildman–Crippen LogP) is 5.10. The molecule has 0 amide bonds. The molecule has 0 atom stereocenters. The summed E-state index contributed by atoms with van der Waals surface area (Å²) in [5.74, 6) is -0.235. The summed E-state index contributed by atoms with van der Waals surface area (Å²) in [4.78, 5) is 12.0. The highest BCUT2D eigenvalue weighted by atomic mass is 16.5. The number of nitrogens with zero attached hydrogens (tertiary/aromatic N) is 3. The smallest absolute Gasteiger partial charge is 0.311 e. The number of aromatic nitrogens is 3. The van der Waals surface area contributed by atoms with Crippen molar-refractivity contribution >= 4 is 11.7 Å². The van der Waals surface area contributed by atoms with Crippen LogP contribution < -0.4 is 0 Å². The van der Waals surface area contributed by atoms with Gasteiger partial charge in [0, 0.05) is 5.56 Å². The number of carbonyl (C=O) groups is 1. The van der Waals surface area contributed by atoms with Gasteiger partial charge in [0.05, 0.1) is 24.9 Å². The van der Waals surface area contributed by atoms with Crippen LogP contribution in [0.4, 0.5) is 0 Å². The van der Waals surface area contributed by atoms with E-state index < -0.39 is 0 Å². The number of rotatable bonds is 11. The Morgan fingerprint density at radius 1 is 1.12 bits per heavy atom. The largest absolute Gasteiger partial charge is 0.466 e. The predicted molar refractivity (Wildman–Crippen MR) is 104 cm³/mol. The normalized spacial score (nSPS) is 11.5. The molecule has 0 aliphatic carbocycles. The van der Waals surface area contributed by atoms with E-state index in [1.165, 1.54) is 25.7 Å². The molecule has 2 aromatic rings. The van der Waals surface area contributed by atoms with E-state index >= 15 is 0 Å². The van der Waals surface area contributed by atoms with Crippen molar-refractivity contribution < 1.29 is 9.53 Å². The van der Waals surface area contributed by atoms with Gasteiger partial charge in [-0.2, -0.15) is 0 Å². The number of carbonyl (C=O) groups excluding carboxylic acids is 1. The summed E-state index contributed by atoms with van der Waals surface area (Å²) >= 11 is 0. The van der Waals surface area contributed by atoms with Crippen molar-refractivity contribution in [2.75, 3.05) is 6.61 Å². The Balaban J connectivity index is 2.07. The third kappa shape index (κ3) is 6.47. The SMILES string of the molecule is CCCCCCC/C=C(\CC(=O)OCC)n1cc(-c2ccccc2)nn1. The number of esters is 1. The number of ether oxygens (including phenoxy) is 1. The highest BCUT2D eigenvalue weighted by Gasteiger charge is 2.12. The van der Waals surface area contributed by atoms with Gasteiger partial charge in [-0.15, -0.1) is 5.10 Å². The van der Waals surface area contributed by atoms with Crippen LogP contribution in [0.1, 0.15) is 58.8 Å². The molecule has 2 rings (SSSR count). The summed E-state index contributed by atoms with van der Waals surface area (Å²) in [7, 11) is 0. The molecule has 0 N–H and O–H groups in total. The Labute approximate surface area is 156 Å². The monoisotopic (exact) mass is 355 g/mol. The van der Waals surface area contributed by atoms with E-state index in [0.717, 1.165) is 29.8 Å². The number of unbranched alkanes of at least 4 members (excludes halogenated alkanes) is 5. The van der Waals surface area contributed by atoms with Gasteiger partial charge in [0.2, 0.25) is 0 Å². The second-order valence-electron chi connectivity index (χ2n) is 6.29. The van der Waals surface area contributed by atoms with Crippen LogP contribution in [-0.4, -0.2) is 27.6 Å². The molecule has 0 saturated carbocycles. The fourth-order valence-corrected chi connectivity index (χ4v) is 2.77. The number of benzene rings is 1. The van der Waals surface area contributed by atoms with Crippen molar-refractivity contribution in [3.05, 3.63) is 42.6 Å². The minimum atomic E-state index is -0.235. The van der Waals surface area contributed by atoms with Crippen molar-refractivity contribution in [1.82, 2.24) is 15.0 Å². The molecule has 1 aromatic carbocycles. The number of hydrogen-bond acceptors (Lipinski definition) is 4. The van der Waals surface area contributed by atoms with Gasteiger partial charge in [-0.3, -0.25) is 4.79 Å². The highest BCUT2D eigenvalue weighted by molar-refractivity contribution is 5.79. The third-order valence-electron chi connectivity index (χ3n) is 4.18. The zero-order valence-corrected chi connectivity index (χ0v) is 15.9. The van der Waals surface area contributed by atoms with Crippen LogP contribution in [0.25, 0.3) is 17.0 Å². The molecule has 1 aromatic heterocycles. The molecule has 0 saturated heterocycles. The van der Waals surface area contributed by atoms with Crippen molar-refractivity contribution in [3.63, 3.8) is 0 Å². The van der Waals surface area contributed by atoms with Crippen molar-refractivity contribution in [2.45, 2.75) is 58.8 Å². The Kier molecular flexibility index (Phi) is 8.60. The van der Waals surface area contributed by atoms with E-state index in [2.05, 4.69) is 23.3 Å². The molecule has 5 nitrogen and oxygen atoms in total. The molecule has 0 fully saturated rings. The Hall–Kier alpha value is -2.43. The molecule has 5 heteroatoms. The zero-order valence-electron chi connectivity index (χ0n) is 15.9. The summed E-state index contributed by atoms with van der Waals surface area (Å²) in [5, 5.41) is 8.47. The lowest BCUT2D eigenvalue weighted by Gasteiger charge is -2.07. The Morgan fingerprint density at radius 2 is 1.88 bits per heavy atom. The lowest BCUT2D eigenvalue weighted by atomic mass is 10.1. The first kappa shape index (κ1) is 19.9. The summed E-state index contributed by atoms with van der Waals surface area (Å²) < 4.78 is 6.80. The lowest BCUT2D eigenvalue weighted by Crippen LogP contribution is -2.09. The van der Waals surface area contributed by atoms with Gasteiger partial charge in [-0.25, -0.2) is 4.68 Å². The van der Waals surface area contributed by atoms with Crippen LogP contribution in [0.2, 0.25) is 0 Å². The topological polar surface area (TPSA) is 57.0 Å². The van der Waals surface area contributed by atoms with Crippen LogP contribution in [0, 0.1) is 0 Å². The van der Waals surface area contributed by atoms with Crippen LogP contribution in [0.3, 0.4) is 0 Å². The van der Waals surface area contributed by atoms with Crippen LogP contribution in [0.15, 0.2) is 42.6 Å².